The lowest BCUT2D eigenvalue weighted by Crippen LogP contribution is -2.42. The van der Waals surface area contributed by atoms with E-state index < -0.39 is 0 Å². The Morgan fingerprint density at radius 2 is 1.88 bits per heavy atom. The largest absolute Gasteiger partial charge is 0.342 e. The van der Waals surface area contributed by atoms with Crippen LogP contribution in [0.3, 0.4) is 0 Å². The Hall–Kier alpha value is -1.94. The molecule has 4 nitrogen and oxygen atoms in total. The van der Waals surface area contributed by atoms with E-state index in [0.717, 1.165) is 55.7 Å². The molecule has 2 aromatic rings. The molecule has 1 aromatic carbocycles. The first kappa shape index (κ1) is 17.5. The van der Waals surface area contributed by atoms with Crippen LogP contribution >= 0.6 is 11.6 Å². The number of carbonyl (C=O) groups excluding carboxylic acids is 1. The van der Waals surface area contributed by atoms with Gasteiger partial charge in [0.05, 0.1) is 11.4 Å². The Bertz CT molecular complexity index is 788. The molecule has 1 aliphatic heterocycles. The lowest BCUT2D eigenvalue weighted by atomic mass is 9.90. The first-order valence-electron chi connectivity index (χ1n) is 9.58. The SMILES string of the molecule is O=C(C1CCCC1)N1CCCC(c2nccnc2-c2cccc(Cl)c2)C1. The fourth-order valence-electron chi connectivity index (χ4n) is 4.34. The van der Waals surface area contributed by atoms with Crippen molar-refractivity contribution in [1.29, 1.82) is 0 Å². The van der Waals surface area contributed by atoms with E-state index in [2.05, 4.69) is 14.9 Å². The first-order chi connectivity index (χ1) is 12.7. The van der Waals surface area contributed by atoms with Crippen molar-refractivity contribution in [2.75, 3.05) is 13.1 Å². The fourth-order valence-corrected chi connectivity index (χ4v) is 4.53. The summed E-state index contributed by atoms with van der Waals surface area (Å²) < 4.78 is 0. The number of halogens is 1. The highest BCUT2D eigenvalue weighted by atomic mass is 35.5. The van der Waals surface area contributed by atoms with Crippen LogP contribution in [0.5, 0.6) is 0 Å². The number of likely N-dealkylation sites (tertiary alicyclic amines) is 1. The zero-order chi connectivity index (χ0) is 17.9. The van der Waals surface area contributed by atoms with Crippen LogP contribution in [0, 0.1) is 5.92 Å². The van der Waals surface area contributed by atoms with Crippen molar-refractivity contribution in [1.82, 2.24) is 14.9 Å². The minimum absolute atomic E-state index is 0.233. The molecule has 26 heavy (non-hydrogen) atoms. The summed E-state index contributed by atoms with van der Waals surface area (Å²) in [5.41, 5.74) is 2.86. The van der Waals surface area contributed by atoms with Crippen molar-refractivity contribution in [2.24, 2.45) is 5.92 Å². The van der Waals surface area contributed by atoms with E-state index in [1.807, 2.05) is 24.3 Å². The summed E-state index contributed by atoms with van der Waals surface area (Å²) in [6.07, 6.45) is 10.0. The van der Waals surface area contributed by atoms with Crippen LogP contribution < -0.4 is 0 Å². The monoisotopic (exact) mass is 369 g/mol. The van der Waals surface area contributed by atoms with Gasteiger partial charge in [0, 0.05) is 47.9 Å². The van der Waals surface area contributed by atoms with E-state index >= 15 is 0 Å². The molecule has 0 N–H and O–H groups in total. The van der Waals surface area contributed by atoms with Crippen LogP contribution in [-0.2, 0) is 4.79 Å². The molecule has 1 atom stereocenters. The molecule has 2 heterocycles. The minimum atomic E-state index is 0.233. The number of benzene rings is 1. The van der Waals surface area contributed by atoms with Crippen LogP contribution in [0.25, 0.3) is 11.3 Å². The third-order valence-electron chi connectivity index (χ3n) is 5.65. The summed E-state index contributed by atoms with van der Waals surface area (Å²) in [4.78, 5) is 24.2. The average molecular weight is 370 g/mol. The van der Waals surface area contributed by atoms with E-state index in [9.17, 15) is 4.79 Å². The topological polar surface area (TPSA) is 46.1 Å². The molecule has 5 heteroatoms. The number of amides is 1. The Labute approximate surface area is 159 Å². The van der Waals surface area contributed by atoms with E-state index in [-0.39, 0.29) is 11.8 Å². The van der Waals surface area contributed by atoms with Gasteiger partial charge in [-0.3, -0.25) is 14.8 Å². The van der Waals surface area contributed by atoms with Crippen molar-refractivity contribution in [2.45, 2.75) is 44.4 Å². The number of hydrogen-bond acceptors (Lipinski definition) is 3. The molecule has 2 fully saturated rings. The zero-order valence-corrected chi connectivity index (χ0v) is 15.7. The van der Waals surface area contributed by atoms with E-state index in [1.54, 1.807) is 12.4 Å². The second-order valence-electron chi connectivity index (χ2n) is 7.41. The second kappa shape index (κ2) is 7.75. The lowest BCUT2D eigenvalue weighted by molar-refractivity contribution is -0.136. The normalized spacial score (nSPS) is 21.1. The van der Waals surface area contributed by atoms with Gasteiger partial charge in [0.15, 0.2) is 0 Å². The van der Waals surface area contributed by atoms with Crippen molar-refractivity contribution < 1.29 is 4.79 Å². The Morgan fingerprint density at radius 1 is 1.08 bits per heavy atom. The summed E-state index contributed by atoms with van der Waals surface area (Å²) in [6.45, 7) is 1.63. The van der Waals surface area contributed by atoms with Crippen LogP contribution in [0.15, 0.2) is 36.7 Å². The summed E-state index contributed by atoms with van der Waals surface area (Å²) in [6, 6.07) is 7.75. The van der Waals surface area contributed by atoms with Crippen LogP contribution in [-0.4, -0.2) is 33.9 Å². The number of carbonyl (C=O) groups is 1. The quantitative estimate of drug-likeness (QED) is 0.788. The number of hydrogen-bond donors (Lipinski definition) is 0. The van der Waals surface area contributed by atoms with Gasteiger partial charge in [0.1, 0.15) is 0 Å². The summed E-state index contributed by atoms with van der Waals surface area (Å²) in [7, 11) is 0. The average Bonchev–Trinajstić information content (AvgIpc) is 3.22. The summed E-state index contributed by atoms with van der Waals surface area (Å²) in [5.74, 6) is 0.820. The number of rotatable bonds is 3. The highest BCUT2D eigenvalue weighted by Gasteiger charge is 2.32. The molecule has 0 spiro atoms. The highest BCUT2D eigenvalue weighted by molar-refractivity contribution is 6.30. The number of aromatic nitrogens is 2. The standard InChI is InChI=1S/C21H24ClN3O/c22-18-9-3-7-16(13-18)19-20(24-11-10-23-19)17-8-4-12-25(14-17)21(26)15-5-1-2-6-15/h3,7,9-11,13,15,17H,1-2,4-6,8,12,14H2. The molecule has 1 aromatic heterocycles. The van der Waals surface area contributed by atoms with Gasteiger partial charge in [0.25, 0.3) is 0 Å². The van der Waals surface area contributed by atoms with Crippen molar-refractivity contribution in [3.63, 3.8) is 0 Å². The van der Waals surface area contributed by atoms with Gasteiger partial charge in [-0.2, -0.15) is 0 Å². The van der Waals surface area contributed by atoms with Gasteiger partial charge in [0.2, 0.25) is 5.91 Å². The Morgan fingerprint density at radius 3 is 2.69 bits per heavy atom. The molecule has 0 bridgehead atoms. The third-order valence-corrected chi connectivity index (χ3v) is 5.88. The van der Waals surface area contributed by atoms with Crippen LogP contribution in [0.4, 0.5) is 0 Å². The molecule has 1 unspecified atom stereocenters. The maximum atomic E-state index is 12.8. The van der Waals surface area contributed by atoms with E-state index in [0.29, 0.717) is 10.9 Å². The molecule has 4 rings (SSSR count). The Kier molecular flexibility index (Phi) is 5.21. The third kappa shape index (κ3) is 3.61. The van der Waals surface area contributed by atoms with Gasteiger partial charge >= 0.3 is 0 Å². The smallest absolute Gasteiger partial charge is 0.225 e. The fraction of sp³-hybridized carbons (Fsp3) is 0.476. The van der Waals surface area contributed by atoms with E-state index in [1.165, 1.54) is 12.8 Å². The number of piperidine rings is 1. The maximum Gasteiger partial charge on any atom is 0.225 e. The predicted molar refractivity (Wildman–Crippen MR) is 103 cm³/mol. The predicted octanol–water partition coefficient (Wildman–Crippen LogP) is 4.69. The van der Waals surface area contributed by atoms with Crippen LogP contribution in [0.1, 0.15) is 50.1 Å². The lowest BCUT2D eigenvalue weighted by Gasteiger charge is -2.34. The molecule has 1 saturated carbocycles. The van der Waals surface area contributed by atoms with E-state index in [4.69, 9.17) is 11.6 Å². The van der Waals surface area contributed by atoms with Crippen molar-refractivity contribution >= 4 is 17.5 Å². The van der Waals surface area contributed by atoms with Crippen molar-refractivity contribution in [3.05, 3.63) is 47.4 Å². The van der Waals surface area contributed by atoms with Crippen LogP contribution in [0.2, 0.25) is 5.02 Å². The van der Waals surface area contributed by atoms with Gasteiger partial charge in [-0.15, -0.1) is 0 Å². The van der Waals surface area contributed by atoms with Gasteiger partial charge < -0.3 is 4.90 Å². The van der Waals surface area contributed by atoms with Crippen molar-refractivity contribution in [3.8, 4) is 11.3 Å². The maximum absolute atomic E-state index is 12.8. The second-order valence-corrected chi connectivity index (χ2v) is 7.84. The molecule has 1 aliphatic carbocycles. The summed E-state index contributed by atoms with van der Waals surface area (Å²) >= 11 is 6.17. The Balaban J connectivity index is 1.58. The van der Waals surface area contributed by atoms with Gasteiger partial charge in [-0.1, -0.05) is 36.6 Å². The first-order valence-corrected chi connectivity index (χ1v) is 9.96. The highest BCUT2D eigenvalue weighted by Crippen LogP contribution is 2.34. The molecule has 136 valence electrons. The molecule has 1 saturated heterocycles. The zero-order valence-electron chi connectivity index (χ0n) is 14.9. The van der Waals surface area contributed by atoms with Gasteiger partial charge in [-0.25, -0.2) is 0 Å². The molecule has 1 amide bonds. The molecule has 2 aliphatic rings. The molecular formula is C21H24ClN3O. The minimum Gasteiger partial charge on any atom is -0.342 e. The number of nitrogens with zero attached hydrogens (tertiary/aromatic N) is 3. The molecular weight excluding hydrogens is 346 g/mol. The van der Waals surface area contributed by atoms with Gasteiger partial charge in [-0.05, 0) is 37.8 Å². The summed E-state index contributed by atoms with van der Waals surface area (Å²) in [5, 5.41) is 0.695. The molecule has 0 radical (unpaired) electrons.